The van der Waals surface area contributed by atoms with Crippen LogP contribution in [-0.2, 0) is 16.1 Å². The van der Waals surface area contributed by atoms with Crippen molar-refractivity contribution in [2.24, 2.45) is 17.8 Å². The van der Waals surface area contributed by atoms with E-state index in [1.54, 1.807) is 25.4 Å². The molecule has 3 N–H and O–H groups in total. The number of pyridine rings is 3. The Bertz CT molecular complexity index is 1290. The largest absolute Gasteiger partial charge is 0.481 e. The molecule has 4 atom stereocenters. The van der Waals surface area contributed by atoms with Crippen LogP contribution in [0, 0.1) is 17.8 Å². The first-order valence-electron chi connectivity index (χ1n) is 11.4. The van der Waals surface area contributed by atoms with Crippen molar-refractivity contribution in [3.05, 3.63) is 42.2 Å². The molecule has 1 aliphatic heterocycles. The lowest BCUT2D eigenvalue weighted by Gasteiger charge is -2.18. The Morgan fingerprint density at radius 3 is 2.85 bits per heavy atom. The molecule has 2 amide bonds. The first-order valence-corrected chi connectivity index (χ1v) is 12.3. The summed E-state index contributed by atoms with van der Waals surface area (Å²) in [5, 5.41) is 9.48. The van der Waals surface area contributed by atoms with Gasteiger partial charge in [0.25, 0.3) is 0 Å². The minimum absolute atomic E-state index is 0.00927. The molecule has 2 aliphatic carbocycles. The molecule has 3 aliphatic rings. The second-order valence-electron chi connectivity index (χ2n) is 8.96. The van der Waals surface area contributed by atoms with Crippen LogP contribution in [-0.4, -0.2) is 45.7 Å². The number of carbonyl (C=O) groups is 2. The number of thioether (sulfide) groups is 1. The third-order valence-corrected chi connectivity index (χ3v) is 7.92. The maximum atomic E-state index is 13.0. The van der Waals surface area contributed by atoms with Gasteiger partial charge in [0.1, 0.15) is 11.3 Å². The molecule has 9 nitrogen and oxygen atoms in total. The van der Waals surface area contributed by atoms with Gasteiger partial charge in [-0.15, -0.1) is 11.8 Å². The highest BCUT2D eigenvalue weighted by molar-refractivity contribution is 8.00. The highest BCUT2D eigenvalue weighted by Gasteiger charge is 2.59. The van der Waals surface area contributed by atoms with Crippen LogP contribution in [0.25, 0.3) is 11.0 Å². The smallest absolute Gasteiger partial charge is 0.235 e. The quantitative estimate of drug-likeness (QED) is 0.497. The number of aromatic nitrogens is 3. The lowest BCUT2D eigenvalue weighted by atomic mass is 10.1. The first-order chi connectivity index (χ1) is 16.6. The van der Waals surface area contributed by atoms with Gasteiger partial charge in [0.2, 0.25) is 17.7 Å². The van der Waals surface area contributed by atoms with Crippen molar-refractivity contribution < 1.29 is 14.3 Å². The van der Waals surface area contributed by atoms with Crippen molar-refractivity contribution in [3.63, 3.8) is 0 Å². The van der Waals surface area contributed by atoms with Crippen molar-refractivity contribution in [2.45, 2.75) is 30.3 Å². The molecule has 6 rings (SSSR count). The average molecular weight is 477 g/mol. The maximum absolute atomic E-state index is 13.0. The molecule has 2 unspecified atom stereocenters. The Labute approximate surface area is 200 Å². The number of amides is 2. The standard InChI is InChI=1S/C24H24N6O3S/c1-33-20-5-3-16-22(30-20)17(6-7-25-16)28-24(32)21-14-8-13(9-15(14)21)26-10-12-2-4-18-23(27-12)29-19(31)11-34-18/h2-7,13-15,21,26H,8-11H2,1H3,(H,25,28,32)(H,27,29,31)/t13?,14-,15+,21?. The lowest BCUT2D eigenvalue weighted by molar-refractivity contribution is -0.118. The molecule has 0 spiro atoms. The number of nitrogens with one attached hydrogen (secondary N) is 3. The maximum Gasteiger partial charge on any atom is 0.235 e. The first kappa shape index (κ1) is 21.3. The number of methoxy groups -OCH3 is 1. The van der Waals surface area contributed by atoms with Gasteiger partial charge in [-0.25, -0.2) is 9.97 Å². The monoisotopic (exact) mass is 476 g/mol. The van der Waals surface area contributed by atoms with Gasteiger partial charge >= 0.3 is 0 Å². The van der Waals surface area contributed by atoms with E-state index in [1.165, 1.54) is 11.8 Å². The summed E-state index contributed by atoms with van der Waals surface area (Å²) in [7, 11) is 1.57. The molecule has 0 radical (unpaired) electrons. The molecule has 2 saturated carbocycles. The lowest BCUT2D eigenvalue weighted by Crippen LogP contribution is -2.30. The molecular weight excluding hydrogens is 452 g/mol. The molecule has 0 bridgehead atoms. The third-order valence-electron chi connectivity index (χ3n) is 6.88. The van der Waals surface area contributed by atoms with E-state index < -0.39 is 0 Å². The summed E-state index contributed by atoms with van der Waals surface area (Å²) < 4.78 is 5.22. The van der Waals surface area contributed by atoms with Crippen molar-refractivity contribution in [1.29, 1.82) is 0 Å². The van der Waals surface area contributed by atoms with E-state index in [2.05, 4.69) is 30.9 Å². The number of nitrogens with zero attached hydrogens (tertiary/aromatic N) is 3. The van der Waals surface area contributed by atoms with Crippen LogP contribution in [0.5, 0.6) is 5.88 Å². The summed E-state index contributed by atoms with van der Waals surface area (Å²) in [6.07, 6.45) is 3.63. The molecule has 0 saturated heterocycles. The van der Waals surface area contributed by atoms with Gasteiger partial charge in [-0.1, -0.05) is 0 Å². The average Bonchev–Trinajstić information content (AvgIpc) is 3.36. The fraction of sp³-hybridized carbons (Fsp3) is 0.375. The minimum Gasteiger partial charge on any atom is -0.481 e. The summed E-state index contributed by atoms with van der Waals surface area (Å²) in [6.45, 7) is 0.644. The predicted molar refractivity (Wildman–Crippen MR) is 129 cm³/mol. The van der Waals surface area contributed by atoms with Gasteiger partial charge < -0.3 is 20.7 Å². The molecule has 4 heterocycles. The molecule has 10 heteroatoms. The van der Waals surface area contributed by atoms with Gasteiger partial charge in [0.15, 0.2) is 0 Å². The van der Waals surface area contributed by atoms with E-state index in [-0.39, 0.29) is 17.7 Å². The van der Waals surface area contributed by atoms with Crippen LogP contribution in [0.1, 0.15) is 18.5 Å². The summed E-state index contributed by atoms with van der Waals surface area (Å²) in [5.41, 5.74) is 2.92. The number of rotatable bonds is 6. The Kier molecular flexibility index (Phi) is 5.34. The Morgan fingerprint density at radius 1 is 1.18 bits per heavy atom. The zero-order valence-electron chi connectivity index (χ0n) is 18.6. The zero-order chi connectivity index (χ0) is 23.2. The van der Waals surface area contributed by atoms with Gasteiger partial charge in [0.05, 0.1) is 34.7 Å². The number of hydrogen-bond acceptors (Lipinski definition) is 8. The van der Waals surface area contributed by atoms with Gasteiger partial charge in [0, 0.05) is 30.8 Å². The Hall–Kier alpha value is -3.24. The van der Waals surface area contributed by atoms with E-state index in [4.69, 9.17) is 4.74 Å². The molecule has 174 valence electrons. The van der Waals surface area contributed by atoms with Crippen LogP contribution in [0.15, 0.2) is 41.4 Å². The Balaban J connectivity index is 1.04. The highest BCUT2D eigenvalue weighted by Crippen LogP contribution is 2.58. The Morgan fingerprint density at radius 2 is 2.03 bits per heavy atom. The van der Waals surface area contributed by atoms with Crippen LogP contribution in [0.2, 0.25) is 0 Å². The van der Waals surface area contributed by atoms with Crippen molar-refractivity contribution in [3.8, 4) is 5.88 Å². The molecule has 0 aromatic carbocycles. The summed E-state index contributed by atoms with van der Waals surface area (Å²) in [4.78, 5) is 39.0. The van der Waals surface area contributed by atoms with Crippen molar-refractivity contribution >= 4 is 46.1 Å². The molecule has 3 aromatic heterocycles. The van der Waals surface area contributed by atoms with E-state index in [0.29, 0.717) is 58.6 Å². The van der Waals surface area contributed by atoms with E-state index in [9.17, 15) is 9.59 Å². The van der Waals surface area contributed by atoms with Crippen molar-refractivity contribution in [2.75, 3.05) is 23.5 Å². The fourth-order valence-corrected chi connectivity index (χ4v) is 5.94. The predicted octanol–water partition coefficient (Wildman–Crippen LogP) is 2.83. The number of carbonyl (C=O) groups excluding carboxylic acids is 2. The number of anilines is 2. The van der Waals surface area contributed by atoms with Gasteiger partial charge in [-0.05, 0) is 48.9 Å². The SMILES string of the molecule is COc1ccc2nccc(NC(=O)C3[C@H]4CC(NCc5ccc6c(n5)NC(=O)CS6)C[C@@H]34)c2n1. The topological polar surface area (TPSA) is 118 Å². The summed E-state index contributed by atoms with van der Waals surface area (Å²) >= 11 is 1.51. The minimum atomic E-state index is -0.00927. The highest BCUT2D eigenvalue weighted by atomic mass is 32.2. The second-order valence-corrected chi connectivity index (χ2v) is 9.98. The van der Waals surface area contributed by atoms with E-state index in [0.717, 1.165) is 23.4 Å². The van der Waals surface area contributed by atoms with Crippen LogP contribution < -0.4 is 20.7 Å². The van der Waals surface area contributed by atoms with E-state index in [1.807, 2.05) is 18.2 Å². The van der Waals surface area contributed by atoms with Crippen molar-refractivity contribution in [1.82, 2.24) is 20.3 Å². The van der Waals surface area contributed by atoms with E-state index >= 15 is 0 Å². The van der Waals surface area contributed by atoms with Gasteiger partial charge in [-0.2, -0.15) is 0 Å². The van der Waals surface area contributed by atoms with Crippen LogP contribution >= 0.6 is 11.8 Å². The fourth-order valence-electron chi connectivity index (χ4n) is 5.19. The molecular formula is C24H24N6O3S. The molecule has 3 aromatic rings. The second kappa shape index (κ2) is 8.52. The number of fused-ring (bicyclic) bond motifs is 3. The molecule has 34 heavy (non-hydrogen) atoms. The number of hydrogen-bond donors (Lipinski definition) is 3. The van der Waals surface area contributed by atoms with Crippen LogP contribution in [0.4, 0.5) is 11.5 Å². The normalized spacial score (nSPS) is 24.8. The number of ether oxygens (including phenoxy) is 1. The van der Waals surface area contributed by atoms with Gasteiger partial charge in [-0.3, -0.25) is 14.6 Å². The zero-order valence-corrected chi connectivity index (χ0v) is 19.4. The third kappa shape index (κ3) is 3.97. The van der Waals surface area contributed by atoms with Crippen LogP contribution in [0.3, 0.4) is 0 Å². The molecule has 2 fully saturated rings. The summed E-state index contributed by atoms with van der Waals surface area (Å²) in [5.74, 6) is 2.47. The summed E-state index contributed by atoms with van der Waals surface area (Å²) in [6, 6.07) is 9.76.